The molecule has 3 atom stereocenters. The largest absolute Gasteiger partial charge is 0.384 e. The molecule has 0 saturated carbocycles. The van der Waals surface area contributed by atoms with E-state index in [0.717, 1.165) is 0 Å². The first-order valence-corrected chi connectivity index (χ1v) is 12.1. The van der Waals surface area contributed by atoms with Crippen molar-refractivity contribution < 1.29 is 15.3 Å². The zero-order valence-electron chi connectivity index (χ0n) is 22.2. The van der Waals surface area contributed by atoms with Gasteiger partial charge in [-0.25, -0.2) is 0 Å². The number of aliphatic hydroxyl groups is 3. The van der Waals surface area contributed by atoms with Gasteiger partial charge in [0.15, 0.2) is 0 Å². The molecule has 12 N–H and O–H groups in total. The van der Waals surface area contributed by atoms with E-state index in [1.165, 1.54) is 0 Å². The molecule has 9 nitrogen and oxygen atoms in total. The average molecular weight is 632 g/mol. The summed E-state index contributed by atoms with van der Waals surface area (Å²) in [5, 5.41) is 56.5. The minimum Gasteiger partial charge on any atom is -0.384 e. The molecule has 4 aromatic carbocycles. The summed E-state index contributed by atoms with van der Waals surface area (Å²) in [4.78, 5) is 0. The van der Waals surface area contributed by atoms with Crippen LogP contribution in [-0.2, 0) is 0 Å². The summed E-state index contributed by atoms with van der Waals surface area (Å²) in [6.07, 6.45) is -3.28. The van der Waals surface area contributed by atoms with E-state index < -0.39 is 18.3 Å². The highest BCUT2D eigenvalue weighted by Crippen LogP contribution is 2.33. The average Bonchev–Trinajstić information content (AvgIpc) is 2.95. The minimum absolute atomic E-state index is 0. The van der Waals surface area contributed by atoms with E-state index in [1.54, 1.807) is 91.0 Å². The summed E-state index contributed by atoms with van der Waals surface area (Å²) in [5.41, 5.74) is 21.2. The summed E-state index contributed by atoms with van der Waals surface area (Å²) in [5.74, 6) is -0.255. The first-order valence-electron chi connectivity index (χ1n) is 12.1. The van der Waals surface area contributed by atoms with E-state index in [2.05, 4.69) is 0 Å². The van der Waals surface area contributed by atoms with Crippen molar-refractivity contribution in [2.45, 2.75) is 18.3 Å². The van der Waals surface area contributed by atoms with Crippen molar-refractivity contribution in [1.82, 2.24) is 0 Å². The molecule has 0 radical (unpaired) electrons. The quantitative estimate of drug-likeness (QED) is 0.0982. The normalized spacial score (nSPS) is 12.4. The Labute approximate surface area is 262 Å². The lowest BCUT2D eigenvalue weighted by atomic mass is 9.90. The monoisotopic (exact) mass is 630 g/mol. The highest BCUT2D eigenvalue weighted by atomic mass is 35.5. The molecule has 4 aromatic rings. The molecular weight excluding hydrogens is 599 g/mol. The van der Waals surface area contributed by atoms with E-state index in [9.17, 15) is 15.3 Å². The van der Waals surface area contributed by atoms with E-state index in [1.807, 2.05) is 0 Å². The van der Waals surface area contributed by atoms with E-state index >= 15 is 0 Å². The number of benzene rings is 4. The van der Waals surface area contributed by atoms with Crippen LogP contribution in [0.25, 0.3) is 0 Å². The van der Waals surface area contributed by atoms with Crippen LogP contribution in [0.15, 0.2) is 91.0 Å². The zero-order valence-corrected chi connectivity index (χ0v) is 24.6. The topological polar surface area (TPSA) is 210 Å². The fourth-order valence-corrected chi connectivity index (χ4v) is 4.29. The van der Waals surface area contributed by atoms with Crippen molar-refractivity contribution in [2.75, 3.05) is 0 Å². The fraction of sp³-hybridized carbons (Fsp3) is 0.100. The predicted octanol–water partition coefficient (Wildman–Crippen LogP) is 4.05. The Morgan fingerprint density at radius 2 is 0.595 bits per heavy atom. The van der Waals surface area contributed by atoms with Gasteiger partial charge in [-0.1, -0.05) is 72.8 Å². The molecule has 0 aliphatic rings. The Kier molecular flexibility index (Phi) is 13.2. The molecule has 0 aromatic heterocycles. The Morgan fingerprint density at radius 1 is 0.405 bits per heavy atom. The second-order valence-corrected chi connectivity index (χ2v) is 9.25. The third-order valence-electron chi connectivity index (χ3n) is 6.56. The molecule has 0 fully saturated rings. The van der Waals surface area contributed by atoms with E-state index in [-0.39, 0.29) is 54.7 Å². The van der Waals surface area contributed by atoms with Gasteiger partial charge in [0.1, 0.15) is 35.8 Å². The number of rotatable bonds is 9. The van der Waals surface area contributed by atoms with Gasteiger partial charge in [-0.15, -0.1) is 37.2 Å². The number of amidine groups is 3. The Hall–Kier alpha value is -3.96. The standard InChI is InChI=1S/C30H30N6O3.3ClH/c31-28(32)19-7-1-16(2-8-19)25(37)22-13-23(26(38)17-3-9-20(10-4-17)29(33)34)15-24(14-22)27(39)18-5-11-21(12-6-18)30(35)36;;;/h1-15,25-27,37-39H,(H3,31,32)(H3,33,34)(H3,35,36);3*1H. The maximum Gasteiger partial charge on any atom is 0.122 e. The fourth-order valence-electron chi connectivity index (χ4n) is 4.29. The number of hydrogen-bond donors (Lipinski definition) is 9. The number of nitrogen functional groups attached to an aromatic ring is 3. The highest BCUT2D eigenvalue weighted by Gasteiger charge is 2.21. The van der Waals surface area contributed by atoms with Gasteiger partial charge in [-0.2, -0.15) is 0 Å². The second kappa shape index (κ2) is 15.3. The minimum atomic E-state index is -1.09. The van der Waals surface area contributed by atoms with Gasteiger partial charge >= 0.3 is 0 Å². The lowest BCUT2D eigenvalue weighted by Crippen LogP contribution is -2.12. The Morgan fingerprint density at radius 3 is 0.762 bits per heavy atom. The number of halogens is 3. The van der Waals surface area contributed by atoms with E-state index in [0.29, 0.717) is 50.1 Å². The summed E-state index contributed by atoms with van der Waals surface area (Å²) in [6, 6.07) is 24.9. The summed E-state index contributed by atoms with van der Waals surface area (Å²) in [6.45, 7) is 0. The maximum absolute atomic E-state index is 11.2. The first-order chi connectivity index (χ1) is 18.5. The molecule has 222 valence electrons. The molecule has 0 saturated heterocycles. The molecule has 0 amide bonds. The van der Waals surface area contributed by atoms with Crippen LogP contribution < -0.4 is 17.2 Å². The molecule has 42 heavy (non-hydrogen) atoms. The Balaban J connectivity index is 0.00000294. The molecule has 0 heterocycles. The summed E-state index contributed by atoms with van der Waals surface area (Å²) >= 11 is 0. The van der Waals surface area contributed by atoms with Crippen LogP contribution in [0.4, 0.5) is 0 Å². The summed E-state index contributed by atoms with van der Waals surface area (Å²) in [7, 11) is 0. The van der Waals surface area contributed by atoms with Crippen LogP contribution in [0.1, 0.15) is 68.4 Å². The van der Waals surface area contributed by atoms with Gasteiger partial charge in [0.05, 0.1) is 0 Å². The SMILES string of the molecule is Cl.Cl.Cl.N=C(N)c1ccc(C(O)c2cc(C(O)c3ccc(C(=N)N)cc3)cc(C(O)c3ccc(C(=N)N)cc3)c2)cc1. The van der Waals surface area contributed by atoms with Crippen LogP contribution >= 0.6 is 37.2 Å². The van der Waals surface area contributed by atoms with Crippen molar-refractivity contribution >= 4 is 54.7 Å². The van der Waals surface area contributed by atoms with Crippen LogP contribution in [-0.4, -0.2) is 32.8 Å². The second-order valence-electron chi connectivity index (χ2n) is 9.25. The zero-order chi connectivity index (χ0) is 28.3. The number of nitrogens with two attached hydrogens (primary N) is 3. The van der Waals surface area contributed by atoms with Gasteiger partial charge in [0.25, 0.3) is 0 Å². The van der Waals surface area contributed by atoms with Crippen LogP contribution in [0.2, 0.25) is 0 Å². The van der Waals surface area contributed by atoms with Crippen molar-refractivity contribution in [2.24, 2.45) is 17.2 Å². The smallest absolute Gasteiger partial charge is 0.122 e. The number of nitrogens with one attached hydrogen (secondary N) is 3. The first kappa shape index (κ1) is 36.1. The van der Waals surface area contributed by atoms with Gasteiger partial charge in [0.2, 0.25) is 0 Å². The van der Waals surface area contributed by atoms with Gasteiger partial charge in [-0.05, 0) is 51.6 Å². The molecular formula is C30H33Cl3N6O3. The van der Waals surface area contributed by atoms with Crippen molar-refractivity contribution in [3.05, 3.63) is 141 Å². The van der Waals surface area contributed by atoms with Crippen LogP contribution in [0.3, 0.4) is 0 Å². The van der Waals surface area contributed by atoms with E-state index in [4.69, 9.17) is 33.4 Å². The highest BCUT2D eigenvalue weighted by molar-refractivity contribution is 5.95. The molecule has 3 unspecified atom stereocenters. The molecule has 12 heteroatoms. The molecule has 0 spiro atoms. The van der Waals surface area contributed by atoms with Gasteiger partial charge in [-0.3, -0.25) is 16.2 Å². The lowest BCUT2D eigenvalue weighted by molar-refractivity contribution is 0.207. The molecule has 4 rings (SSSR count). The third kappa shape index (κ3) is 8.07. The molecule has 0 bridgehead atoms. The van der Waals surface area contributed by atoms with Gasteiger partial charge < -0.3 is 32.5 Å². The lowest BCUT2D eigenvalue weighted by Gasteiger charge is -2.21. The van der Waals surface area contributed by atoms with Crippen molar-refractivity contribution in [3.8, 4) is 0 Å². The van der Waals surface area contributed by atoms with Crippen LogP contribution in [0, 0.1) is 16.2 Å². The van der Waals surface area contributed by atoms with Gasteiger partial charge in [0, 0.05) is 16.7 Å². The Bertz CT molecular complexity index is 1340. The summed E-state index contributed by atoms with van der Waals surface area (Å²) < 4.78 is 0. The number of hydrogen-bond acceptors (Lipinski definition) is 6. The van der Waals surface area contributed by atoms with Crippen LogP contribution in [0.5, 0.6) is 0 Å². The van der Waals surface area contributed by atoms with Crippen molar-refractivity contribution in [3.63, 3.8) is 0 Å². The molecule has 0 aliphatic carbocycles. The molecule has 0 aliphatic heterocycles. The number of aliphatic hydroxyl groups excluding tert-OH is 3. The third-order valence-corrected chi connectivity index (χ3v) is 6.56. The maximum atomic E-state index is 11.2. The predicted molar refractivity (Wildman–Crippen MR) is 173 cm³/mol. The van der Waals surface area contributed by atoms with Crippen molar-refractivity contribution in [1.29, 1.82) is 16.2 Å².